The summed E-state index contributed by atoms with van der Waals surface area (Å²) < 4.78 is 35.5. The molecule has 1 aliphatic rings. The predicted molar refractivity (Wildman–Crippen MR) is 113 cm³/mol. The van der Waals surface area contributed by atoms with Gasteiger partial charge in [0.1, 0.15) is 17.6 Å². The summed E-state index contributed by atoms with van der Waals surface area (Å²) in [5, 5.41) is 0. The number of hydrazine groups is 1. The second-order valence-electron chi connectivity index (χ2n) is 7.10. The number of nitrogens with zero attached hydrogens (tertiary/aromatic N) is 1. The van der Waals surface area contributed by atoms with Crippen LogP contribution >= 0.6 is 0 Å². The molecule has 1 atom stereocenters. The molecule has 2 aromatic carbocycles. The molecule has 0 aliphatic carbocycles. The zero-order valence-corrected chi connectivity index (χ0v) is 17.4. The minimum absolute atomic E-state index is 0.168. The highest BCUT2D eigenvalue weighted by molar-refractivity contribution is 7.92. The van der Waals surface area contributed by atoms with E-state index in [-0.39, 0.29) is 16.8 Å². The van der Waals surface area contributed by atoms with E-state index in [1.165, 1.54) is 23.7 Å². The van der Waals surface area contributed by atoms with Crippen LogP contribution in [0.1, 0.15) is 36.5 Å². The van der Waals surface area contributed by atoms with Crippen molar-refractivity contribution in [2.45, 2.75) is 31.2 Å². The average Bonchev–Trinajstić information content (AvgIpc) is 3.35. The van der Waals surface area contributed by atoms with Crippen molar-refractivity contribution >= 4 is 27.3 Å². The third kappa shape index (κ3) is 3.86. The number of amides is 1. The Kier molecular flexibility index (Phi) is 5.17. The standard InChI is InChI=1S/C22H21N3O4S/c1-15-12-13-22(29-15)20-14-21(25(23-20)16(2)26)18-10-6-7-11-19(18)24-30(27,28)17-8-4-3-5-9-17/h3-13,20,23H,14H2,1-2H3/p+1. The largest absolute Gasteiger partial charge is 0.464 e. The molecule has 3 aromatic rings. The van der Waals surface area contributed by atoms with Crippen LogP contribution in [0, 0.1) is 6.92 Å². The number of nitrogens with one attached hydrogen (secondary N) is 2. The molecule has 0 bridgehead atoms. The third-order valence-electron chi connectivity index (χ3n) is 4.91. The van der Waals surface area contributed by atoms with Crippen LogP contribution in [0.25, 0.3) is 0 Å². The maximum Gasteiger partial charge on any atom is 0.411 e. The molecule has 30 heavy (non-hydrogen) atoms. The van der Waals surface area contributed by atoms with Gasteiger partial charge in [0.05, 0.1) is 29.5 Å². The summed E-state index contributed by atoms with van der Waals surface area (Å²) in [6.45, 7) is 3.32. The second-order valence-corrected chi connectivity index (χ2v) is 8.78. The molecule has 4 rings (SSSR count). The summed E-state index contributed by atoms with van der Waals surface area (Å²) in [4.78, 5) is 12.5. The molecule has 7 nitrogen and oxygen atoms in total. The highest BCUT2D eigenvalue weighted by Gasteiger charge is 2.38. The number of para-hydroxylation sites is 1. The van der Waals surface area contributed by atoms with Gasteiger partial charge < -0.3 is 4.42 Å². The Morgan fingerprint density at radius 3 is 2.43 bits per heavy atom. The molecule has 1 aromatic heterocycles. The zero-order chi connectivity index (χ0) is 21.3. The lowest BCUT2D eigenvalue weighted by Crippen LogP contribution is -2.32. The van der Waals surface area contributed by atoms with E-state index in [1.54, 1.807) is 36.4 Å². The van der Waals surface area contributed by atoms with Crippen LogP contribution in [-0.2, 0) is 14.8 Å². The lowest BCUT2D eigenvalue weighted by molar-refractivity contribution is -0.504. The van der Waals surface area contributed by atoms with Gasteiger partial charge in [-0.05, 0) is 48.0 Å². The first kappa shape index (κ1) is 19.9. The quantitative estimate of drug-likeness (QED) is 0.613. The van der Waals surface area contributed by atoms with Crippen molar-refractivity contribution in [1.29, 1.82) is 0 Å². The summed E-state index contributed by atoms with van der Waals surface area (Å²) in [5.74, 6) is 1.30. The van der Waals surface area contributed by atoms with Gasteiger partial charge in [-0.1, -0.05) is 30.3 Å². The highest BCUT2D eigenvalue weighted by atomic mass is 32.2. The summed E-state index contributed by atoms with van der Waals surface area (Å²) in [6, 6.07) is 18.7. The van der Waals surface area contributed by atoms with Gasteiger partial charge in [0.2, 0.25) is 5.71 Å². The van der Waals surface area contributed by atoms with Crippen LogP contribution < -0.4 is 10.1 Å². The van der Waals surface area contributed by atoms with E-state index >= 15 is 0 Å². The van der Waals surface area contributed by atoms with Gasteiger partial charge in [-0.15, -0.1) is 0 Å². The fourth-order valence-electron chi connectivity index (χ4n) is 3.51. The fraction of sp³-hybridized carbons (Fsp3) is 0.182. The van der Waals surface area contributed by atoms with Crippen LogP contribution in [0.5, 0.6) is 0 Å². The van der Waals surface area contributed by atoms with Crippen molar-refractivity contribution in [1.82, 2.24) is 5.43 Å². The van der Waals surface area contributed by atoms with Gasteiger partial charge >= 0.3 is 5.91 Å². The van der Waals surface area contributed by atoms with Crippen molar-refractivity contribution in [3.8, 4) is 0 Å². The lowest BCUT2D eigenvalue weighted by atomic mass is 10.0. The monoisotopic (exact) mass is 424 g/mol. The number of anilines is 1. The molecule has 2 N–H and O–H groups in total. The molecule has 1 unspecified atom stereocenters. The van der Waals surface area contributed by atoms with E-state index in [4.69, 9.17) is 4.42 Å². The Morgan fingerprint density at radius 1 is 1.07 bits per heavy atom. The first-order valence-electron chi connectivity index (χ1n) is 9.51. The average molecular weight is 425 g/mol. The summed E-state index contributed by atoms with van der Waals surface area (Å²) in [7, 11) is -3.77. The Balaban J connectivity index is 1.71. The second kappa shape index (κ2) is 7.79. The maximum absolute atomic E-state index is 12.8. The molecule has 1 aliphatic heterocycles. The number of hydrogen-bond donors (Lipinski definition) is 2. The van der Waals surface area contributed by atoms with E-state index < -0.39 is 10.0 Å². The Hall–Kier alpha value is -3.39. The third-order valence-corrected chi connectivity index (χ3v) is 6.29. The molecule has 0 saturated carbocycles. The number of hydrogen-bond acceptors (Lipinski definition) is 5. The Morgan fingerprint density at radius 2 is 1.77 bits per heavy atom. The molecule has 0 saturated heterocycles. The van der Waals surface area contributed by atoms with E-state index in [0.29, 0.717) is 23.4 Å². The first-order valence-corrected chi connectivity index (χ1v) is 11.0. The SMILES string of the molecule is CC(=O)[N+]1=C(c2ccccc2NS(=O)(=O)c2ccccc2)CC(c2ccc(C)o2)N1. The molecule has 154 valence electrons. The number of carbonyl (C=O) groups excluding carboxylic acids is 1. The molecular formula is C22H22N3O4S+. The van der Waals surface area contributed by atoms with Crippen molar-refractivity contribution < 1.29 is 22.3 Å². The van der Waals surface area contributed by atoms with Crippen LogP contribution in [0.3, 0.4) is 0 Å². The molecule has 0 spiro atoms. The van der Waals surface area contributed by atoms with Crippen LogP contribution in [0.4, 0.5) is 5.69 Å². The topological polar surface area (TPSA) is 91.4 Å². The normalized spacial score (nSPS) is 16.4. The smallest absolute Gasteiger partial charge is 0.411 e. The fourth-order valence-corrected chi connectivity index (χ4v) is 4.61. The van der Waals surface area contributed by atoms with Crippen LogP contribution in [0.15, 0.2) is 76.0 Å². The van der Waals surface area contributed by atoms with Crippen molar-refractivity contribution in [3.63, 3.8) is 0 Å². The highest BCUT2D eigenvalue weighted by Crippen LogP contribution is 2.29. The molecule has 1 amide bonds. The number of benzene rings is 2. The van der Waals surface area contributed by atoms with Crippen LogP contribution in [0.2, 0.25) is 0 Å². The van der Waals surface area contributed by atoms with Gasteiger partial charge in [-0.2, -0.15) is 5.43 Å². The number of rotatable bonds is 5. The first-order chi connectivity index (χ1) is 14.3. The van der Waals surface area contributed by atoms with Gasteiger partial charge in [0, 0.05) is 0 Å². The zero-order valence-electron chi connectivity index (χ0n) is 16.6. The number of sulfonamides is 1. The van der Waals surface area contributed by atoms with Crippen molar-refractivity contribution in [3.05, 3.63) is 83.8 Å². The molecule has 0 radical (unpaired) electrons. The van der Waals surface area contributed by atoms with E-state index in [2.05, 4.69) is 10.1 Å². The van der Waals surface area contributed by atoms with Gasteiger partial charge in [-0.25, -0.2) is 13.2 Å². The summed E-state index contributed by atoms with van der Waals surface area (Å²) in [5.41, 5.74) is 4.87. The predicted octanol–water partition coefficient (Wildman–Crippen LogP) is 3.39. The van der Waals surface area contributed by atoms with Crippen LogP contribution in [-0.4, -0.2) is 24.7 Å². The Labute approximate surface area is 175 Å². The van der Waals surface area contributed by atoms with Gasteiger partial charge in [0.25, 0.3) is 10.0 Å². The van der Waals surface area contributed by atoms with E-state index in [1.807, 2.05) is 25.1 Å². The number of furan rings is 1. The molecular weight excluding hydrogens is 402 g/mol. The van der Waals surface area contributed by atoms with Gasteiger partial charge in [0.15, 0.2) is 0 Å². The minimum Gasteiger partial charge on any atom is -0.464 e. The Bertz CT molecular complexity index is 1230. The van der Waals surface area contributed by atoms with E-state index in [9.17, 15) is 13.2 Å². The number of carbonyl (C=O) groups is 1. The molecule has 2 heterocycles. The lowest BCUT2D eigenvalue weighted by Gasteiger charge is -2.11. The number of aryl methyl sites for hydroxylation is 1. The minimum atomic E-state index is -3.77. The summed E-state index contributed by atoms with van der Waals surface area (Å²) >= 11 is 0. The van der Waals surface area contributed by atoms with Gasteiger partial charge in [-0.3, -0.25) is 4.72 Å². The summed E-state index contributed by atoms with van der Waals surface area (Å²) in [6.07, 6.45) is 0.469. The van der Waals surface area contributed by atoms with Crippen molar-refractivity contribution in [2.24, 2.45) is 0 Å². The molecule has 0 fully saturated rings. The van der Waals surface area contributed by atoms with Crippen molar-refractivity contribution in [2.75, 3.05) is 4.72 Å². The number of hydrazone groups is 1. The molecule has 8 heteroatoms. The maximum atomic E-state index is 12.8. The van der Waals surface area contributed by atoms with E-state index in [0.717, 1.165) is 11.5 Å².